The first-order chi connectivity index (χ1) is 8.81. The van der Waals surface area contributed by atoms with Crippen LogP contribution in [0.25, 0.3) is 0 Å². The largest absolute Gasteiger partial charge is 0.381 e. The van der Waals surface area contributed by atoms with Crippen molar-refractivity contribution in [3.63, 3.8) is 0 Å². The minimum atomic E-state index is 0.174. The van der Waals surface area contributed by atoms with Gasteiger partial charge in [0.15, 0.2) is 6.29 Å². The number of ether oxygens (including phenoxy) is 1. The second kappa shape index (κ2) is 6.66. The smallest absolute Gasteiger partial charge is 0.156 e. The standard InChI is InChI=1S/C12H16ClN3O2/c13-11-10(6-17)12(16-8-15-11)14-4-1-5-18-7-9-2-3-9/h6,8-9H,1-5,7H2,(H,14,15,16). The minimum absolute atomic E-state index is 0.174. The monoisotopic (exact) mass is 269 g/mol. The molecule has 1 N–H and O–H groups in total. The molecule has 0 bridgehead atoms. The summed E-state index contributed by atoms with van der Waals surface area (Å²) in [6.07, 6.45) is 5.48. The van der Waals surface area contributed by atoms with Gasteiger partial charge < -0.3 is 10.1 Å². The molecule has 0 unspecified atom stereocenters. The van der Waals surface area contributed by atoms with E-state index < -0.39 is 0 Å². The van der Waals surface area contributed by atoms with Crippen LogP contribution < -0.4 is 5.32 Å². The topological polar surface area (TPSA) is 64.1 Å². The number of nitrogens with zero attached hydrogens (tertiary/aromatic N) is 2. The van der Waals surface area contributed by atoms with Crippen LogP contribution in [-0.4, -0.2) is 36.0 Å². The molecule has 6 heteroatoms. The highest BCUT2D eigenvalue weighted by molar-refractivity contribution is 6.32. The van der Waals surface area contributed by atoms with Crippen molar-refractivity contribution in [1.82, 2.24) is 9.97 Å². The average molecular weight is 270 g/mol. The number of rotatable bonds is 8. The first-order valence-corrected chi connectivity index (χ1v) is 6.46. The lowest BCUT2D eigenvalue weighted by atomic mass is 10.3. The molecule has 1 aliphatic carbocycles. The van der Waals surface area contributed by atoms with Crippen LogP contribution in [0.1, 0.15) is 29.6 Å². The Morgan fingerprint density at radius 2 is 2.33 bits per heavy atom. The van der Waals surface area contributed by atoms with Gasteiger partial charge in [0.05, 0.1) is 5.56 Å². The van der Waals surface area contributed by atoms with Gasteiger partial charge in [-0.3, -0.25) is 4.79 Å². The van der Waals surface area contributed by atoms with Gasteiger partial charge in [-0.15, -0.1) is 0 Å². The van der Waals surface area contributed by atoms with Crippen molar-refractivity contribution < 1.29 is 9.53 Å². The lowest BCUT2D eigenvalue weighted by Gasteiger charge is -2.08. The fourth-order valence-electron chi connectivity index (χ4n) is 1.53. The van der Waals surface area contributed by atoms with Crippen molar-refractivity contribution in [2.75, 3.05) is 25.1 Å². The number of aromatic nitrogens is 2. The highest BCUT2D eigenvalue weighted by Crippen LogP contribution is 2.28. The predicted octanol–water partition coefficient (Wildman–Crippen LogP) is 2.17. The molecule has 0 spiro atoms. The first kappa shape index (κ1) is 13.2. The van der Waals surface area contributed by atoms with Gasteiger partial charge in [0.2, 0.25) is 0 Å². The number of nitrogens with one attached hydrogen (secondary N) is 1. The van der Waals surface area contributed by atoms with E-state index in [9.17, 15) is 4.79 Å². The molecule has 0 aromatic carbocycles. The number of carbonyl (C=O) groups is 1. The molecule has 0 saturated heterocycles. The van der Waals surface area contributed by atoms with Gasteiger partial charge in [-0.25, -0.2) is 9.97 Å². The van der Waals surface area contributed by atoms with E-state index in [4.69, 9.17) is 16.3 Å². The molecule has 2 rings (SSSR count). The van der Waals surface area contributed by atoms with Gasteiger partial charge in [-0.05, 0) is 25.2 Å². The Morgan fingerprint density at radius 1 is 1.50 bits per heavy atom. The van der Waals surface area contributed by atoms with E-state index in [0.29, 0.717) is 24.2 Å². The zero-order valence-electron chi connectivity index (χ0n) is 10.1. The van der Waals surface area contributed by atoms with Crippen LogP contribution in [0, 0.1) is 5.92 Å². The third-order valence-electron chi connectivity index (χ3n) is 2.76. The maximum absolute atomic E-state index is 10.8. The highest BCUT2D eigenvalue weighted by Gasteiger charge is 2.20. The fourth-order valence-corrected chi connectivity index (χ4v) is 1.71. The van der Waals surface area contributed by atoms with Crippen LogP contribution in [0.4, 0.5) is 5.82 Å². The Bertz CT molecular complexity index is 410. The molecule has 1 aliphatic rings. The summed E-state index contributed by atoms with van der Waals surface area (Å²) in [5.41, 5.74) is 0.304. The predicted molar refractivity (Wildman–Crippen MR) is 69.1 cm³/mol. The Labute approximate surface area is 111 Å². The zero-order valence-corrected chi connectivity index (χ0v) is 10.8. The van der Waals surface area contributed by atoms with E-state index in [1.54, 1.807) is 0 Å². The molecular weight excluding hydrogens is 254 g/mol. The lowest BCUT2D eigenvalue weighted by Crippen LogP contribution is -2.10. The second-order valence-electron chi connectivity index (χ2n) is 4.34. The minimum Gasteiger partial charge on any atom is -0.381 e. The first-order valence-electron chi connectivity index (χ1n) is 6.08. The van der Waals surface area contributed by atoms with Crippen LogP contribution in [0.15, 0.2) is 6.33 Å². The third-order valence-corrected chi connectivity index (χ3v) is 3.06. The maximum atomic E-state index is 10.8. The summed E-state index contributed by atoms with van der Waals surface area (Å²) in [6.45, 7) is 2.29. The van der Waals surface area contributed by atoms with Crippen molar-refractivity contribution >= 4 is 23.7 Å². The molecule has 0 aliphatic heterocycles. The molecule has 0 radical (unpaired) electrons. The van der Waals surface area contributed by atoms with Crippen LogP contribution in [0.5, 0.6) is 0 Å². The molecule has 0 atom stereocenters. The molecule has 5 nitrogen and oxygen atoms in total. The second-order valence-corrected chi connectivity index (χ2v) is 4.70. The number of hydrogen-bond donors (Lipinski definition) is 1. The molecule has 0 amide bonds. The SMILES string of the molecule is O=Cc1c(Cl)ncnc1NCCCOCC1CC1. The molecule has 1 aromatic heterocycles. The Balaban J connectivity index is 1.68. The van der Waals surface area contributed by atoms with Crippen LogP contribution >= 0.6 is 11.6 Å². The van der Waals surface area contributed by atoms with Gasteiger partial charge in [-0.1, -0.05) is 11.6 Å². The van der Waals surface area contributed by atoms with Gasteiger partial charge in [0.25, 0.3) is 0 Å². The van der Waals surface area contributed by atoms with Crippen molar-refractivity contribution in [3.05, 3.63) is 17.0 Å². The summed E-state index contributed by atoms with van der Waals surface area (Å²) >= 11 is 5.79. The molecule has 18 heavy (non-hydrogen) atoms. The fraction of sp³-hybridized carbons (Fsp3) is 0.583. The summed E-state index contributed by atoms with van der Waals surface area (Å²) in [7, 11) is 0. The lowest BCUT2D eigenvalue weighted by molar-refractivity contribution is 0.112. The number of carbonyl (C=O) groups excluding carboxylic acids is 1. The summed E-state index contributed by atoms with van der Waals surface area (Å²) in [4.78, 5) is 18.6. The Kier molecular flexibility index (Phi) is 4.90. The van der Waals surface area contributed by atoms with E-state index in [0.717, 1.165) is 25.6 Å². The zero-order chi connectivity index (χ0) is 12.8. The normalized spacial score (nSPS) is 14.5. The number of aldehydes is 1. The Hall–Kier alpha value is -1.20. The van der Waals surface area contributed by atoms with Crippen LogP contribution in [0.3, 0.4) is 0 Å². The molecular formula is C12H16ClN3O2. The average Bonchev–Trinajstić information content (AvgIpc) is 3.18. The van der Waals surface area contributed by atoms with Gasteiger partial charge in [0, 0.05) is 19.8 Å². The summed E-state index contributed by atoms with van der Waals surface area (Å²) < 4.78 is 5.51. The number of anilines is 1. The summed E-state index contributed by atoms with van der Waals surface area (Å²) in [6, 6.07) is 0. The van der Waals surface area contributed by atoms with Gasteiger partial charge >= 0.3 is 0 Å². The van der Waals surface area contributed by atoms with Crippen molar-refractivity contribution in [1.29, 1.82) is 0 Å². The van der Waals surface area contributed by atoms with E-state index in [2.05, 4.69) is 15.3 Å². The van der Waals surface area contributed by atoms with Crippen LogP contribution in [0.2, 0.25) is 5.15 Å². The third kappa shape index (κ3) is 3.92. The number of hydrogen-bond acceptors (Lipinski definition) is 5. The van der Waals surface area contributed by atoms with Crippen LogP contribution in [-0.2, 0) is 4.74 Å². The van der Waals surface area contributed by atoms with E-state index in [1.165, 1.54) is 19.2 Å². The molecule has 1 heterocycles. The maximum Gasteiger partial charge on any atom is 0.156 e. The van der Waals surface area contributed by atoms with Gasteiger partial charge in [0.1, 0.15) is 17.3 Å². The quantitative estimate of drug-likeness (QED) is 0.445. The van der Waals surface area contributed by atoms with Crippen molar-refractivity contribution in [2.45, 2.75) is 19.3 Å². The Morgan fingerprint density at radius 3 is 3.06 bits per heavy atom. The highest BCUT2D eigenvalue weighted by atomic mass is 35.5. The molecule has 1 saturated carbocycles. The molecule has 1 fully saturated rings. The van der Waals surface area contributed by atoms with E-state index >= 15 is 0 Å². The van der Waals surface area contributed by atoms with E-state index in [1.807, 2.05) is 0 Å². The summed E-state index contributed by atoms with van der Waals surface area (Å²) in [5, 5.41) is 3.24. The molecule has 1 aromatic rings. The van der Waals surface area contributed by atoms with Crippen molar-refractivity contribution in [2.24, 2.45) is 5.92 Å². The number of halogens is 1. The summed E-state index contributed by atoms with van der Waals surface area (Å²) in [5.74, 6) is 1.27. The molecule has 98 valence electrons. The van der Waals surface area contributed by atoms with Crippen molar-refractivity contribution in [3.8, 4) is 0 Å². The van der Waals surface area contributed by atoms with Gasteiger partial charge in [-0.2, -0.15) is 0 Å². The van der Waals surface area contributed by atoms with E-state index in [-0.39, 0.29) is 5.15 Å².